The van der Waals surface area contributed by atoms with Crippen molar-refractivity contribution in [1.29, 1.82) is 0 Å². The molecule has 0 spiro atoms. The van der Waals surface area contributed by atoms with Crippen LogP contribution < -0.4 is 25.8 Å². The van der Waals surface area contributed by atoms with E-state index in [-0.39, 0.29) is 23.8 Å². The molecule has 0 atom stereocenters. The third-order valence-corrected chi connectivity index (χ3v) is 6.35. The maximum atomic E-state index is 12.8. The lowest BCUT2D eigenvalue weighted by molar-refractivity contribution is -0.122. The first-order chi connectivity index (χ1) is 16.4. The molecule has 1 aliphatic heterocycles. The van der Waals surface area contributed by atoms with Crippen LogP contribution in [0, 0.1) is 5.92 Å². The quantitative estimate of drug-likeness (QED) is 0.528. The number of anilines is 3. The van der Waals surface area contributed by atoms with Gasteiger partial charge in [-0.2, -0.15) is 4.98 Å². The Morgan fingerprint density at radius 1 is 1.26 bits per heavy atom. The van der Waals surface area contributed by atoms with Crippen LogP contribution in [0.4, 0.5) is 17.5 Å². The molecule has 1 amide bonds. The van der Waals surface area contributed by atoms with Gasteiger partial charge in [-0.3, -0.25) is 9.59 Å². The number of carbonyl (C=O) groups excluding carboxylic acids is 1. The normalized spacial score (nSPS) is 14.3. The number of nitrogens with one attached hydrogen (secondary N) is 2. The van der Waals surface area contributed by atoms with Gasteiger partial charge in [0, 0.05) is 37.8 Å². The number of aromatic nitrogens is 3. The fourth-order valence-electron chi connectivity index (χ4n) is 4.02. The number of aryl methyl sites for hydroxylation is 1. The summed E-state index contributed by atoms with van der Waals surface area (Å²) in [4.78, 5) is 35.6. The number of piperidine rings is 1. The van der Waals surface area contributed by atoms with Crippen molar-refractivity contribution in [3.63, 3.8) is 0 Å². The van der Waals surface area contributed by atoms with E-state index in [1.165, 1.54) is 7.05 Å². The Morgan fingerprint density at radius 3 is 2.74 bits per heavy atom. The average Bonchev–Trinajstić information content (AvgIpc) is 2.84. The van der Waals surface area contributed by atoms with Crippen LogP contribution in [0.2, 0.25) is 5.02 Å². The maximum Gasteiger partial charge on any atom is 0.293 e. The Hall–Kier alpha value is -3.33. The summed E-state index contributed by atoms with van der Waals surface area (Å²) in [6.07, 6.45) is 3.84. The highest BCUT2D eigenvalue weighted by Crippen LogP contribution is 2.29. The van der Waals surface area contributed by atoms with E-state index in [1.54, 1.807) is 16.8 Å². The molecule has 3 heterocycles. The van der Waals surface area contributed by atoms with Gasteiger partial charge in [0.2, 0.25) is 5.95 Å². The van der Waals surface area contributed by atoms with Crippen LogP contribution in [0.15, 0.2) is 35.3 Å². The molecular formula is C24H29ClN6O3. The predicted molar refractivity (Wildman–Crippen MR) is 134 cm³/mol. The molecule has 34 heavy (non-hydrogen) atoms. The number of likely N-dealkylation sites (N-methyl/N-ethyl adjacent to an activating group) is 1. The number of nitrogens with zero attached hydrogens (tertiary/aromatic N) is 4. The predicted octanol–water partition coefficient (Wildman–Crippen LogP) is 3.57. The molecule has 2 N–H and O–H groups in total. The second-order valence-electron chi connectivity index (χ2n) is 8.45. The summed E-state index contributed by atoms with van der Waals surface area (Å²) < 4.78 is 7.11. The highest BCUT2D eigenvalue weighted by Gasteiger charge is 2.19. The van der Waals surface area contributed by atoms with Crippen molar-refractivity contribution in [2.24, 2.45) is 5.92 Å². The minimum atomic E-state index is -0.310. The molecule has 1 fully saturated rings. The van der Waals surface area contributed by atoms with Gasteiger partial charge in [0.1, 0.15) is 5.02 Å². The van der Waals surface area contributed by atoms with Crippen molar-refractivity contribution < 1.29 is 9.53 Å². The SMILES string of the molecule is CCn1c(=O)c(OCC(=O)NC)cc2cc(Nc3nc(N4CCC(C)CC4)ncc3Cl)ccc21. The van der Waals surface area contributed by atoms with E-state index in [0.29, 0.717) is 29.3 Å². The number of fused-ring (bicyclic) bond motifs is 1. The molecule has 9 nitrogen and oxygen atoms in total. The molecule has 0 unspecified atom stereocenters. The van der Waals surface area contributed by atoms with E-state index in [0.717, 1.165) is 42.5 Å². The van der Waals surface area contributed by atoms with Crippen molar-refractivity contribution >= 4 is 45.9 Å². The zero-order valence-electron chi connectivity index (χ0n) is 19.6. The summed E-state index contributed by atoms with van der Waals surface area (Å²) in [5, 5.41) is 6.97. The van der Waals surface area contributed by atoms with Gasteiger partial charge in [0.05, 0.1) is 11.7 Å². The van der Waals surface area contributed by atoms with Gasteiger partial charge in [0.15, 0.2) is 18.2 Å². The summed E-state index contributed by atoms with van der Waals surface area (Å²) in [6.45, 7) is 6.23. The first-order valence-electron chi connectivity index (χ1n) is 11.4. The summed E-state index contributed by atoms with van der Waals surface area (Å²) in [7, 11) is 1.52. The lowest BCUT2D eigenvalue weighted by Crippen LogP contribution is -2.34. The van der Waals surface area contributed by atoms with Crippen molar-refractivity contribution in [2.45, 2.75) is 33.2 Å². The molecular weight excluding hydrogens is 456 g/mol. The Bertz CT molecular complexity index is 1250. The van der Waals surface area contributed by atoms with Crippen LogP contribution >= 0.6 is 11.6 Å². The molecule has 180 valence electrons. The van der Waals surface area contributed by atoms with E-state index < -0.39 is 0 Å². The molecule has 10 heteroatoms. The highest BCUT2D eigenvalue weighted by molar-refractivity contribution is 6.32. The number of benzene rings is 1. The molecule has 0 bridgehead atoms. The number of halogens is 1. The van der Waals surface area contributed by atoms with Gasteiger partial charge in [0.25, 0.3) is 11.5 Å². The van der Waals surface area contributed by atoms with Gasteiger partial charge in [-0.05, 0) is 49.9 Å². The summed E-state index contributed by atoms with van der Waals surface area (Å²) >= 11 is 6.40. The van der Waals surface area contributed by atoms with E-state index in [1.807, 2.05) is 25.1 Å². The first kappa shape index (κ1) is 23.8. The molecule has 0 aliphatic carbocycles. The van der Waals surface area contributed by atoms with Crippen molar-refractivity contribution in [3.8, 4) is 5.75 Å². The Morgan fingerprint density at radius 2 is 2.03 bits per heavy atom. The zero-order valence-corrected chi connectivity index (χ0v) is 20.4. The second-order valence-corrected chi connectivity index (χ2v) is 8.86. The average molecular weight is 485 g/mol. The van der Waals surface area contributed by atoms with Crippen LogP contribution in [0.5, 0.6) is 5.75 Å². The monoisotopic (exact) mass is 484 g/mol. The van der Waals surface area contributed by atoms with E-state index in [2.05, 4.69) is 32.4 Å². The first-order valence-corrected chi connectivity index (χ1v) is 11.8. The Labute approximate surface area is 203 Å². The van der Waals surface area contributed by atoms with E-state index >= 15 is 0 Å². The smallest absolute Gasteiger partial charge is 0.293 e. The summed E-state index contributed by atoms with van der Waals surface area (Å²) in [5.74, 6) is 1.70. The van der Waals surface area contributed by atoms with E-state index in [9.17, 15) is 9.59 Å². The Kier molecular flexibility index (Phi) is 7.21. The van der Waals surface area contributed by atoms with Gasteiger partial charge in [-0.1, -0.05) is 18.5 Å². The van der Waals surface area contributed by atoms with Crippen molar-refractivity contribution in [3.05, 3.63) is 45.8 Å². The molecule has 3 aromatic rings. The summed E-state index contributed by atoms with van der Waals surface area (Å²) in [5.41, 5.74) is 1.24. The van der Waals surface area contributed by atoms with Crippen LogP contribution in [0.1, 0.15) is 26.7 Å². The van der Waals surface area contributed by atoms with Gasteiger partial charge in [-0.15, -0.1) is 0 Å². The van der Waals surface area contributed by atoms with Crippen molar-refractivity contribution in [2.75, 3.05) is 37.0 Å². The number of hydrogen-bond acceptors (Lipinski definition) is 7. The molecule has 0 saturated carbocycles. The van der Waals surface area contributed by atoms with Crippen molar-refractivity contribution in [1.82, 2.24) is 19.9 Å². The number of hydrogen-bond donors (Lipinski definition) is 2. The second kappa shape index (κ2) is 10.3. The van der Waals surface area contributed by atoms with Crippen LogP contribution in [-0.4, -0.2) is 47.2 Å². The number of ether oxygens (including phenoxy) is 1. The number of amides is 1. The van der Waals surface area contributed by atoms with Crippen LogP contribution in [-0.2, 0) is 11.3 Å². The zero-order chi connectivity index (χ0) is 24.2. The minimum Gasteiger partial charge on any atom is -0.478 e. The van der Waals surface area contributed by atoms with Gasteiger partial charge >= 0.3 is 0 Å². The largest absolute Gasteiger partial charge is 0.478 e. The number of carbonyl (C=O) groups is 1. The van der Waals surface area contributed by atoms with Gasteiger partial charge in [-0.25, -0.2) is 4.98 Å². The third kappa shape index (κ3) is 5.09. The lowest BCUT2D eigenvalue weighted by atomic mass is 10.00. The number of rotatable bonds is 7. The molecule has 1 aliphatic rings. The van der Waals surface area contributed by atoms with Crippen LogP contribution in [0.25, 0.3) is 10.9 Å². The number of pyridine rings is 1. The fraction of sp³-hybridized carbons (Fsp3) is 0.417. The summed E-state index contributed by atoms with van der Waals surface area (Å²) in [6, 6.07) is 7.29. The lowest BCUT2D eigenvalue weighted by Gasteiger charge is -2.30. The molecule has 0 radical (unpaired) electrons. The van der Waals surface area contributed by atoms with Crippen LogP contribution in [0.3, 0.4) is 0 Å². The maximum absolute atomic E-state index is 12.8. The van der Waals surface area contributed by atoms with Gasteiger partial charge < -0.3 is 24.8 Å². The van der Waals surface area contributed by atoms with E-state index in [4.69, 9.17) is 16.3 Å². The highest BCUT2D eigenvalue weighted by atomic mass is 35.5. The molecule has 2 aromatic heterocycles. The molecule has 1 aromatic carbocycles. The molecule has 1 saturated heterocycles. The standard InChI is InChI=1S/C24H29ClN6O3/c1-4-31-19-6-5-17(11-16(19)12-20(23(31)33)34-14-21(32)26-3)28-22-18(25)13-27-24(29-22)30-9-7-15(2)8-10-30/h5-6,11-13,15H,4,7-10,14H2,1-3H3,(H,26,32)(H,27,28,29). The molecule has 4 rings (SSSR count). The topological polar surface area (TPSA) is 101 Å². The minimum absolute atomic E-state index is 0.122. The fourth-order valence-corrected chi connectivity index (χ4v) is 4.15. The Balaban J connectivity index is 1.63. The third-order valence-electron chi connectivity index (χ3n) is 6.08.